The average molecular weight is 222 g/mol. The summed E-state index contributed by atoms with van der Waals surface area (Å²) < 4.78 is 0. The molecular weight excluding hydrogens is 198 g/mol. The van der Waals surface area contributed by atoms with E-state index in [-0.39, 0.29) is 0 Å². The van der Waals surface area contributed by atoms with Crippen LogP contribution in [0.3, 0.4) is 0 Å². The minimum atomic E-state index is -0.906. The Morgan fingerprint density at radius 2 is 1.92 bits per heavy atom. The molecule has 0 aromatic carbocycles. The predicted octanol–water partition coefficient (Wildman–Crippen LogP) is 3.09. The smallest absolute Gasteiger partial charge is 0.143 e. The lowest BCUT2D eigenvalue weighted by atomic mass is 10.3. The van der Waals surface area contributed by atoms with Crippen molar-refractivity contribution in [1.29, 1.82) is 0 Å². The highest BCUT2D eigenvalue weighted by molar-refractivity contribution is 7.07. The van der Waals surface area contributed by atoms with Crippen molar-refractivity contribution in [3.05, 3.63) is 0 Å². The van der Waals surface area contributed by atoms with Crippen LogP contribution in [0.4, 0.5) is 0 Å². The summed E-state index contributed by atoms with van der Waals surface area (Å²) in [4.78, 5) is 2.24. The molecule has 0 heterocycles. The Morgan fingerprint density at radius 3 is 2.38 bits per heavy atom. The van der Waals surface area contributed by atoms with Gasteiger partial charge in [0.05, 0.1) is 0 Å². The molecule has 2 atom stereocenters. The molecule has 0 amide bonds. The third-order valence-corrected chi connectivity index (χ3v) is 7.21. The zero-order valence-corrected chi connectivity index (χ0v) is 11.4. The SMILES string of the molecule is CCC(C)[SiH](Cl)CCCCN(C)C. The highest BCUT2D eigenvalue weighted by Gasteiger charge is 2.13. The van der Waals surface area contributed by atoms with Crippen LogP contribution in [0, 0.1) is 0 Å². The van der Waals surface area contributed by atoms with Gasteiger partial charge >= 0.3 is 0 Å². The summed E-state index contributed by atoms with van der Waals surface area (Å²) in [6.07, 6.45) is 3.89. The fraction of sp³-hybridized carbons (Fsp3) is 1.00. The lowest BCUT2D eigenvalue weighted by Gasteiger charge is -2.14. The van der Waals surface area contributed by atoms with Crippen molar-refractivity contribution < 1.29 is 0 Å². The minimum absolute atomic E-state index is 0.807. The van der Waals surface area contributed by atoms with E-state index in [1.807, 2.05) is 0 Å². The van der Waals surface area contributed by atoms with Crippen molar-refractivity contribution in [2.75, 3.05) is 20.6 Å². The summed E-state index contributed by atoms with van der Waals surface area (Å²) in [6.45, 7) is 5.75. The van der Waals surface area contributed by atoms with Gasteiger partial charge in [-0.05, 0) is 38.6 Å². The Morgan fingerprint density at radius 1 is 1.31 bits per heavy atom. The van der Waals surface area contributed by atoms with Crippen LogP contribution in [0.5, 0.6) is 0 Å². The molecule has 0 aromatic heterocycles. The van der Waals surface area contributed by atoms with E-state index in [9.17, 15) is 0 Å². The van der Waals surface area contributed by atoms with E-state index in [2.05, 4.69) is 32.8 Å². The Hall–Kier alpha value is 0.467. The fourth-order valence-electron chi connectivity index (χ4n) is 1.31. The lowest BCUT2D eigenvalue weighted by Crippen LogP contribution is -2.14. The van der Waals surface area contributed by atoms with Gasteiger partial charge in [0.2, 0.25) is 0 Å². The van der Waals surface area contributed by atoms with Gasteiger partial charge in [-0.2, -0.15) is 11.1 Å². The second kappa shape index (κ2) is 7.83. The zero-order chi connectivity index (χ0) is 10.3. The van der Waals surface area contributed by atoms with Crippen LogP contribution in [0.1, 0.15) is 33.1 Å². The first kappa shape index (κ1) is 13.5. The molecule has 0 N–H and O–H groups in total. The van der Waals surface area contributed by atoms with Gasteiger partial charge in [-0.3, -0.25) is 0 Å². The molecule has 0 saturated carbocycles. The molecule has 80 valence electrons. The van der Waals surface area contributed by atoms with E-state index < -0.39 is 8.11 Å². The number of halogens is 1. The Balaban J connectivity index is 3.31. The molecule has 0 aliphatic carbocycles. The van der Waals surface area contributed by atoms with E-state index in [4.69, 9.17) is 11.1 Å². The average Bonchev–Trinajstić information content (AvgIpc) is 2.10. The third kappa shape index (κ3) is 7.53. The molecular formula is C10H24ClNSi. The first-order chi connectivity index (χ1) is 6.07. The van der Waals surface area contributed by atoms with Crippen LogP contribution >= 0.6 is 11.1 Å². The summed E-state index contributed by atoms with van der Waals surface area (Å²) >= 11 is 6.37. The maximum atomic E-state index is 6.37. The van der Waals surface area contributed by atoms with E-state index in [0.717, 1.165) is 5.54 Å². The maximum absolute atomic E-state index is 6.37. The normalized spacial score (nSPS) is 16.2. The second-order valence-corrected chi connectivity index (χ2v) is 8.63. The Labute approximate surface area is 89.8 Å². The molecule has 0 fully saturated rings. The van der Waals surface area contributed by atoms with E-state index in [0.29, 0.717) is 0 Å². The topological polar surface area (TPSA) is 3.24 Å². The third-order valence-electron chi connectivity index (χ3n) is 2.60. The first-order valence-electron chi connectivity index (χ1n) is 5.36. The quantitative estimate of drug-likeness (QED) is 0.363. The molecule has 0 rings (SSSR count). The molecule has 0 aromatic rings. The van der Waals surface area contributed by atoms with Crippen molar-refractivity contribution in [3.8, 4) is 0 Å². The van der Waals surface area contributed by atoms with Gasteiger partial charge < -0.3 is 4.90 Å². The Kier molecular flexibility index (Phi) is 8.11. The van der Waals surface area contributed by atoms with E-state index in [1.165, 1.54) is 31.9 Å². The number of hydrogen-bond donors (Lipinski definition) is 0. The van der Waals surface area contributed by atoms with Gasteiger partial charge in [0.1, 0.15) is 8.11 Å². The van der Waals surface area contributed by atoms with Gasteiger partial charge in [0.25, 0.3) is 0 Å². The molecule has 3 heteroatoms. The van der Waals surface area contributed by atoms with Gasteiger partial charge in [-0.25, -0.2) is 0 Å². The fourth-order valence-corrected chi connectivity index (χ4v) is 4.06. The van der Waals surface area contributed by atoms with Crippen LogP contribution in [0.2, 0.25) is 11.6 Å². The highest BCUT2D eigenvalue weighted by atomic mass is 35.6. The molecule has 0 spiro atoms. The summed E-state index contributed by atoms with van der Waals surface area (Å²) in [5, 5.41) is 0. The highest BCUT2D eigenvalue weighted by Crippen LogP contribution is 2.21. The van der Waals surface area contributed by atoms with Crippen LogP contribution in [-0.2, 0) is 0 Å². The van der Waals surface area contributed by atoms with Crippen molar-refractivity contribution >= 4 is 19.2 Å². The summed E-state index contributed by atoms with van der Waals surface area (Å²) in [5.74, 6) is 0. The van der Waals surface area contributed by atoms with Crippen molar-refractivity contribution in [1.82, 2.24) is 4.90 Å². The van der Waals surface area contributed by atoms with Crippen LogP contribution in [0.25, 0.3) is 0 Å². The number of unbranched alkanes of at least 4 members (excludes halogenated alkanes) is 1. The number of rotatable bonds is 7. The summed E-state index contributed by atoms with van der Waals surface area (Å²) in [5.41, 5.74) is 0.807. The molecule has 0 radical (unpaired) electrons. The number of nitrogens with zero attached hydrogens (tertiary/aromatic N) is 1. The number of hydrogen-bond acceptors (Lipinski definition) is 1. The lowest BCUT2D eigenvalue weighted by molar-refractivity contribution is 0.398. The van der Waals surface area contributed by atoms with Crippen molar-refractivity contribution in [2.45, 2.75) is 44.7 Å². The molecule has 2 unspecified atom stereocenters. The Bertz CT molecular complexity index is 119. The summed E-state index contributed by atoms with van der Waals surface area (Å²) in [6, 6.07) is 1.31. The minimum Gasteiger partial charge on any atom is -0.309 e. The molecule has 0 saturated heterocycles. The van der Waals surface area contributed by atoms with Gasteiger partial charge in [0, 0.05) is 0 Å². The van der Waals surface area contributed by atoms with Crippen molar-refractivity contribution in [2.24, 2.45) is 0 Å². The molecule has 13 heavy (non-hydrogen) atoms. The molecule has 0 aliphatic heterocycles. The second-order valence-electron chi connectivity index (χ2n) is 4.20. The van der Waals surface area contributed by atoms with Crippen molar-refractivity contribution in [3.63, 3.8) is 0 Å². The largest absolute Gasteiger partial charge is 0.309 e. The summed E-state index contributed by atoms with van der Waals surface area (Å²) in [7, 11) is 3.35. The van der Waals surface area contributed by atoms with Gasteiger partial charge in [0.15, 0.2) is 0 Å². The monoisotopic (exact) mass is 221 g/mol. The zero-order valence-electron chi connectivity index (χ0n) is 9.52. The molecule has 0 bridgehead atoms. The molecule has 0 aliphatic rings. The van der Waals surface area contributed by atoms with Crippen LogP contribution < -0.4 is 0 Å². The predicted molar refractivity (Wildman–Crippen MR) is 65.3 cm³/mol. The van der Waals surface area contributed by atoms with E-state index >= 15 is 0 Å². The standard InChI is InChI=1S/C10H24ClNSi/c1-5-10(2)13(11)9-7-6-8-12(3)4/h10,13H,5-9H2,1-4H3. The van der Waals surface area contributed by atoms with Crippen LogP contribution in [0.15, 0.2) is 0 Å². The first-order valence-corrected chi connectivity index (χ1v) is 8.59. The van der Waals surface area contributed by atoms with Crippen LogP contribution in [-0.4, -0.2) is 33.6 Å². The van der Waals surface area contributed by atoms with Gasteiger partial charge in [-0.1, -0.05) is 26.7 Å². The van der Waals surface area contributed by atoms with Gasteiger partial charge in [-0.15, -0.1) is 0 Å². The molecule has 1 nitrogen and oxygen atoms in total. The maximum Gasteiger partial charge on any atom is 0.143 e. The van der Waals surface area contributed by atoms with E-state index in [1.54, 1.807) is 0 Å².